The lowest BCUT2D eigenvalue weighted by atomic mass is 10.3. The third-order valence-corrected chi connectivity index (χ3v) is 5.40. The number of aromatic nitrogens is 3. The molecule has 3 aromatic rings. The minimum Gasteiger partial charge on any atom is -0.347 e. The smallest absolute Gasteiger partial charge is 0.272 e. The van der Waals surface area contributed by atoms with Crippen LogP contribution >= 0.6 is 22.9 Å². The van der Waals surface area contributed by atoms with Crippen LogP contribution in [-0.2, 0) is 0 Å². The Morgan fingerprint density at radius 2 is 1.84 bits per heavy atom. The summed E-state index contributed by atoms with van der Waals surface area (Å²) in [5, 5.41) is 13.4. The van der Waals surface area contributed by atoms with E-state index in [2.05, 4.69) is 20.4 Å². The number of anilines is 2. The minimum atomic E-state index is -0.240. The molecule has 2 aromatic heterocycles. The molecule has 3 heterocycles. The molecule has 0 spiro atoms. The van der Waals surface area contributed by atoms with Crippen LogP contribution in [0.4, 0.5) is 10.8 Å². The molecule has 0 atom stereocenters. The van der Waals surface area contributed by atoms with Gasteiger partial charge in [-0.15, -0.1) is 10.2 Å². The molecular formula is C17H16ClN5OS. The van der Waals surface area contributed by atoms with Crippen molar-refractivity contribution >= 4 is 39.7 Å². The molecule has 8 heteroatoms. The SMILES string of the molecule is O=C(Nc1ccccc1Cl)c1cccn1-c1nnc(N2CCCC2)s1. The fraction of sp³-hybridized carbons (Fsp3) is 0.235. The molecule has 0 unspecified atom stereocenters. The number of benzene rings is 1. The van der Waals surface area contributed by atoms with Crippen molar-refractivity contribution in [3.8, 4) is 5.13 Å². The van der Waals surface area contributed by atoms with Crippen LogP contribution in [0.1, 0.15) is 23.3 Å². The molecule has 0 radical (unpaired) electrons. The van der Waals surface area contributed by atoms with Crippen LogP contribution in [0.3, 0.4) is 0 Å². The van der Waals surface area contributed by atoms with Gasteiger partial charge in [-0.05, 0) is 37.1 Å². The van der Waals surface area contributed by atoms with Crippen molar-refractivity contribution in [3.63, 3.8) is 0 Å². The summed E-state index contributed by atoms with van der Waals surface area (Å²) >= 11 is 7.60. The zero-order valence-electron chi connectivity index (χ0n) is 13.4. The first-order chi connectivity index (χ1) is 12.2. The van der Waals surface area contributed by atoms with Crippen LogP contribution in [0, 0.1) is 0 Å². The van der Waals surface area contributed by atoms with Crippen LogP contribution < -0.4 is 10.2 Å². The summed E-state index contributed by atoms with van der Waals surface area (Å²) in [7, 11) is 0. The van der Waals surface area contributed by atoms with Crippen LogP contribution in [-0.4, -0.2) is 33.8 Å². The second kappa shape index (κ2) is 6.85. The number of para-hydroxylation sites is 1. The second-order valence-corrected chi connectivity index (χ2v) is 7.10. The molecular weight excluding hydrogens is 358 g/mol. The van der Waals surface area contributed by atoms with Gasteiger partial charge in [0.1, 0.15) is 5.69 Å². The lowest BCUT2D eigenvalue weighted by Crippen LogP contribution is -2.17. The number of nitrogens with zero attached hydrogens (tertiary/aromatic N) is 4. The standard InChI is InChI=1S/C17H16ClN5OS/c18-12-6-1-2-7-13(12)19-15(24)14-8-5-11-23(14)17-21-20-16(25-17)22-9-3-4-10-22/h1-2,5-8,11H,3-4,9-10H2,(H,19,24). The Hall–Kier alpha value is -2.38. The zero-order valence-corrected chi connectivity index (χ0v) is 14.9. The normalized spacial score (nSPS) is 14.0. The molecule has 1 N–H and O–H groups in total. The quantitative estimate of drug-likeness (QED) is 0.754. The first-order valence-electron chi connectivity index (χ1n) is 8.04. The summed E-state index contributed by atoms with van der Waals surface area (Å²) in [5.41, 5.74) is 1.07. The molecule has 1 amide bonds. The van der Waals surface area contributed by atoms with Gasteiger partial charge in [0.15, 0.2) is 0 Å². The van der Waals surface area contributed by atoms with E-state index in [0.717, 1.165) is 18.2 Å². The van der Waals surface area contributed by atoms with Crippen LogP contribution in [0.2, 0.25) is 5.02 Å². The Morgan fingerprint density at radius 3 is 2.64 bits per heavy atom. The van der Waals surface area contributed by atoms with Gasteiger partial charge in [0.05, 0.1) is 10.7 Å². The monoisotopic (exact) mass is 373 g/mol. The summed E-state index contributed by atoms with van der Waals surface area (Å²) in [6.07, 6.45) is 4.18. The molecule has 1 aromatic carbocycles. The zero-order chi connectivity index (χ0) is 17.2. The Labute approximate surface area is 154 Å². The van der Waals surface area contributed by atoms with Crippen LogP contribution in [0.5, 0.6) is 0 Å². The molecule has 6 nitrogen and oxygen atoms in total. The Balaban J connectivity index is 1.58. The van der Waals surface area contributed by atoms with E-state index in [1.54, 1.807) is 22.8 Å². The van der Waals surface area contributed by atoms with Gasteiger partial charge in [-0.1, -0.05) is 35.1 Å². The van der Waals surface area contributed by atoms with E-state index >= 15 is 0 Å². The van der Waals surface area contributed by atoms with Crippen LogP contribution in [0.15, 0.2) is 42.6 Å². The van der Waals surface area contributed by atoms with E-state index in [0.29, 0.717) is 21.5 Å². The van der Waals surface area contributed by atoms with E-state index in [9.17, 15) is 4.79 Å². The van der Waals surface area contributed by atoms with Crippen molar-refractivity contribution in [1.29, 1.82) is 0 Å². The fourth-order valence-corrected chi connectivity index (χ4v) is 3.90. The van der Waals surface area contributed by atoms with Crippen molar-refractivity contribution in [1.82, 2.24) is 14.8 Å². The number of nitrogens with one attached hydrogen (secondary N) is 1. The molecule has 1 aliphatic heterocycles. The first kappa shape index (κ1) is 16.1. The van der Waals surface area contributed by atoms with E-state index < -0.39 is 0 Å². The van der Waals surface area contributed by atoms with E-state index in [1.165, 1.54) is 24.2 Å². The third-order valence-electron chi connectivity index (χ3n) is 4.09. The summed E-state index contributed by atoms with van der Waals surface area (Å²) < 4.78 is 1.75. The second-order valence-electron chi connectivity index (χ2n) is 5.76. The van der Waals surface area contributed by atoms with Gasteiger partial charge >= 0.3 is 0 Å². The van der Waals surface area contributed by atoms with Crippen molar-refractivity contribution in [2.75, 3.05) is 23.3 Å². The number of rotatable bonds is 4. The van der Waals surface area contributed by atoms with Crippen molar-refractivity contribution < 1.29 is 4.79 Å². The highest BCUT2D eigenvalue weighted by atomic mass is 35.5. The van der Waals surface area contributed by atoms with Gasteiger partial charge in [0.2, 0.25) is 10.3 Å². The van der Waals surface area contributed by atoms with Gasteiger partial charge in [-0.2, -0.15) is 0 Å². The third kappa shape index (κ3) is 3.25. The summed E-state index contributed by atoms with van der Waals surface area (Å²) in [4.78, 5) is 14.9. The molecule has 128 valence electrons. The first-order valence-corrected chi connectivity index (χ1v) is 9.24. The highest BCUT2D eigenvalue weighted by Gasteiger charge is 2.20. The maximum Gasteiger partial charge on any atom is 0.272 e. The number of hydrogen-bond acceptors (Lipinski definition) is 5. The highest BCUT2D eigenvalue weighted by molar-refractivity contribution is 7.17. The summed E-state index contributed by atoms with van der Waals surface area (Å²) in [5.74, 6) is -0.240. The number of carbonyl (C=O) groups excluding carboxylic acids is 1. The number of carbonyl (C=O) groups is 1. The largest absolute Gasteiger partial charge is 0.347 e. The van der Waals surface area contributed by atoms with E-state index in [4.69, 9.17) is 11.6 Å². The molecule has 1 saturated heterocycles. The molecule has 1 aliphatic rings. The number of halogens is 1. The van der Waals surface area contributed by atoms with Crippen molar-refractivity contribution in [2.45, 2.75) is 12.8 Å². The lowest BCUT2D eigenvalue weighted by molar-refractivity contribution is 0.102. The summed E-state index contributed by atoms with van der Waals surface area (Å²) in [6, 6.07) is 10.7. The van der Waals surface area contributed by atoms with Crippen LogP contribution in [0.25, 0.3) is 5.13 Å². The van der Waals surface area contributed by atoms with Gasteiger partial charge in [-0.3, -0.25) is 9.36 Å². The van der Waals surface area contributed by atoms with Gasteiger partial charge in [-0.25, -0.2) is 0 Å². The van der Waals surface area contributed by atoms with E-state index in [-0.39, 0.29) is 5.91 Å². The summed E-state index contributed by atoms with van der Waals surface area (Å²) in [6.45, 7) is 2.03. The number of amides is 1. The van der Waals surface area contributed by atoms with Crippen molar-refractivity contribution in [2.24, 2.45) is 0 Å². The molecule has 0 saturated carbocycles. The molecule has 4 rings (SSSR count). The molecule has 0 aliphatic carbocycles. The molecule has 1 fully saturated rings. The Bertz CT molecular complexity index is 900. The molecule has 0 bridgehead atoms. The van der Waals surface area contributed by atoms with Gasteiger partial charge in [0.25, 0.3) is 5.91 Å². The predicted octanol–water partition coefficient (Wildman–Crippen LogP) is 3.83. The maximum atomic E-state index is 12.6. The van der Waals surface area contributed by atoms with Gasteiger partial charge < -0.3 is 10.2 Å². The van der Waals surface area contributed by atoms with E-state index in [1.807, 2.05) is 24.4 Å². The average molecular weight is 374 g/mol. The fourth-order valence-electron chi connectivity index (χ4n) is 2.82. The highest BCUT2D eigenvalue weighted by Crippen LogP contribution is 2.27. The Morgan fingerprint density at radius 1 is 1.08 bits per heavy atom. The van der Waals surface area contributed by atoms with Crippen molar-refractivity contribution in [3.05, 3.63) is 53.3 Å². The average Bonchev–Trinajstić information content (AvgIpc) is 3.36. The topological polar surface area (TPSA) is 63.1 Å². The minimum absolute atomic E-state index is 0.240. The lowest BCUT2D eigenvalue weighted by Gasteiger charge is -2.11. The molecule has 25 heavy (non-hydrogen) atoms. The predicted molar refractivity (Wildman–Crippen MR) is 100 cm³/mol. The van der Waals surface area contributed by atoms with Gasteiger partial charge in [0, 0.05) is 19.3 Å². The number of hydrogen-bond donors (Lipinski definition) is 1. The Kier molecular flexibility index (Phi) is 4.42. The maximum absolute atomic E-state index is 12.6.